The molecule has 0 saturated heterocycles. The number of aromatic nitrogens is 3. The summed E-state index contributed by atoms with van der Waals surface area (Å²) in [7, 11) is 0. The molecule has 0 bridgehead atoms. The average molecular weight is 169 g/mol. The highest BCUT2D eigenvalue weighted by molar-refractivity contribution is 5.68. The highest BCUT2D eigenvalue weighted by atomic mass is 16.5. The highest BCUT2D eigenvalue weighted by Crippen LogP contribution is 1.88. The molecule has 1 aromatic heterocycles. The molecule has 1 aromatic rings. The lowest BCUT2D eigenvalue weighted by Gasteiger charge is -1.99. The molecule has 0 fully saturated rings. The molecule has 0 aliphatic rings. The molecule has 0 unspecified atom stereocenters. The second kappa shape index (κ2) is 3.85. The molecule has 0 aliphatic carbocycles. The second-order valence-corrected chi connectivity index (χ2v) is 2.29. The Morgan fingerprint density at radius 1 is 1.75 bits per heavy atom. The molecule has 0 saturated carbocycles. The first-order valence-corrected chi connectivity index (χ1v) is 3.74. The maximum atomic E-state index is 10.9. The minimum atomic E-state index is -0.289. The van der Waals surface area contributed by atoms with Gasteiger partial charge < -0.3 is 4.74 Å². The SMILES string of the molecule is CCOC(=O)Cn1cnc(C)n1. The molecule has 12 heavy (non-hydrogen) atoms. The standard InChI is InChI=1S/C7H11N3O2/c1-3-12-7(11)4-10-5-8-6(2)9-10/h5H,3-4H2,1-2H3. The Hall–Kier alpha value is -1.39. The third kappa shape index (κ3) is 2.34. The van der Waals surface area contributed by atoms with Gasteiger partial charge >= 0.3 is 5.97 Å². The molecular weight excluding hydrogens is 158 g/mol. The minimum Gasteiger partial charge on any atom is -0.465 e. The summed E-state index contributed by atoms with van der Waals surface area (Å²) in [5.41, 5.74) is 0. The van der Waals surface area contributed by atoms with Crippen LogP contribution in [0.5, 0.6) is 0 Å². The van der Waals surface area contributed by atoms with Gasteiger partial charge in [0.2, 0.25) is 0 Å². The molecule has 1 heterocycles. The molecule has 0 aliphatic heterocycles. The van der Waals surface area contributed by atoms with E-state index in [0.29, 0.717) is 12.4 Å². The summed E-state index contributed by atoms with van der Waals surface area (Å²) in [6.45, 7) is 4.06. The quantitative estimate of drug-likeness (QED) is 0.604. The van der Waals surface area contributed by atoms with Gasteiger partial charge in [0.1, 0.15) is 18.7 Å². The van der Waals surface area contributed by atoms with Gasteiger partial charge in [-0.15, -0.1) is 0 Å². The first-order chi connectivity index (χ1) is 5.72. The summed E-state index contributed by atoms with van der Waals surface area (Å²) in [6.07, 6.45) is 1.51. The number of aryl methyl sites for hydroxylation is 1. The van der Waals surface area contributed by atoms with E-state index in [-0.39, 0.29) is 12.5 Å². The molecule has 0 radical (unpaired) electrons. The van der Waals surface area contributed by atoms with Crippen molar-refractivity contribution in [2.45, 2.75) is 20.4 Å². The van der Waals surface area contributed by atoms with Gasteiger partial charge in [0.05, 0.1) is 6.61 Å². The lowest BCUT2D eigenvalue weighted by atomic mass is 10.6. The van der Waals surface area contributed by atoms with E-state index < -0.39 is 0 Å². The fourth-order valence-corrected chi connectivity index (χ4v) is 0.803. The summed E-state index contributed by atoms with van der Waals surface area (Å²) in [5.74, 6) is 0.363. The Morgan fingerprint density at radius 2 is 2.50 bits per heavy atom. The van der Waals surface area contributed by atoms with E-state index in [1.807, 2.05) is 0 Å². The van der Waals surface area contributed by atoms with Crippen molar-refractivity contribution in [2.24, 2.45) is 0 Å². The number of carbonyl (C=O) groups is 1. The Balaban J connectivity index is 2.46. The van der Waals surface area contributed by atoms with Gasteiger partial charge in [0, 0.05) is 0 Å². The van der Waals surface area contributed by atoms with Gasteiger partial charge in [-0.1, -0.05) is 0 Å². The molecule has 5 nitrogen and oxygen atoms in total. The van der Waals surface area contributed by atoms with Crippen LogP contribution < -0.4 is 0 Å². The predicted molar refractivity (Wildman–Crippen MR) is 41.4 cm³/mol. The molecule has 66 valence electrons. The van der Waals surface area contributed by atoms with E-state index in [1.54, 1.807) is 13.8 Å². The van der Waals surface area contributed by atoms with Crippen LogP contribution in [-0.4, -0.2) is 27.3 Å². The fraction of sp³-hybridized carbons (Fsp3) is 0.571. The Morgan fingerprint density at radius 3 is 3.00 bits per heavy atom. The fourth-order valence-electron chi connectivity index (χ4n) is 0.803. The number of esters is 1. The van der Waals surface area contributed by atoms with Gasteiger partial charge in [-0.3, -0.25) is 4.79 Å². The van der Waals surface area contributed by atoms with Crippen molar-refractivity contribution in [3.63, 3.8) is 0 Å². The monoisotopic (exact) mass is 169 g/mol. The Labute approximate surface area is 70.4 Å². The van der Waals surface area contributed by atoms with Crippen LogP contribution in [0.4, 0.5) is 0 Å². The van der Waals surface area contributed by atoms with Gasteiger partial charge in [0.15, 0.2) is 0 Å². The van der Waals surface area contributed by atoms with Crippen molar-refractivity contribution < 1.29 is 9.53 Å². The van der Waals surface area contributed by atoms with Crippen molar-refractivity contribution in [3.05, 3.63) is 12.2 Å². The molecule has 0 aromatic carbocycles. The average Bonchev–Trinajstić information content (AvgIpc) is 2.36. The lowest BCUT2D eigenvalue weighted by Crippen LogP contribution is -2.13. The first-order valence-electron chi connectivity index (χ1n) is 3.74. The molecule has 0 spiro atoms. The number of carbonyl (C=O) groups excluding carboxylic acids is 1. The molecule has 0 N–H and O–H groups in total. The predicted octanol–water partition coefficient (Wildman–Crippen LogP) is 0.150. The zero-order valence-corrected chi connectivity index (χ0v) is 7.15. The van der Waals surface area contributed by atoms with Crippen molar-refractivity contribution in [1.82, 2.24) is 14.8 Å². The van der Waals surface area contributed by atoms with E-state index in [1.165, 1.54) is 11.0 Å². The third-order valence-electron chi connectivity index (χ3n) is 1.25. The topological polar surface area (TPSA) is 57.0 Å². The zero-order valence-electron chi connectivity index (χ0n) is 7.15. The van der Waals surface area contributed by atoms with Crippen LogP contribution in [0.2, 0.25) is 0 Å². The molecule has 0 amide bonds. The van der Waals surface area contributed by atoms with Crippen LogP contribution in [-0.2, 0) is 16.1 Å². The van der Waals surface area contributed by atoms with Crippen LogP contribution in [0.3, 0.4) is 0 Å². The van der Waals surface area contributed by atoms with Crippen LogP contribution in [0.1, 0.15) is 12.7 Å². The minimum absolute atomic E-state index is 0.134. The summed E-state index contributed by atoms with van der Waals surface area (Å²) >= 11 is 0. The van der Waals surface area contributed by atoms with Crippen LogP contribution in [0.15, 0.2) is 6.33 Å². The lowest BCUT2D eigenvalue weighted by molar-refractivity contribution is -0.144. The van der Waals surface area contributed by atoms with Crippen molar-refractivity contribution >= 4 is 5.97 Å². The van der Waals surface area contributed by atoms with Gasteiger partial charge in [-0.25, -0.2) is 9.67 Å². The second-order valence-electron chi connectivity index (χ2n) is 2.29. The van der Waals surface area contributed by atoms with E-state index >= 15 is 0 Å². The first kappa shape index (κ1) is 8.70. The van der Waals surface area contributed by atoms with E-state index in [9.17, 15) is 4.79 Å². The molecular formula is C7H11N3O2. The molecule has 1 rings (SSSR count). The normalized spacial score (nSPS) is 9.83. The smallest absolute Gasteiger partial charge is 0.327 e. The van der Waals surface area contributed by atoms with Crippen molar-refractivity contribution in [3.8, 4) is 0 Å². The van der Waals surface area contributed by atoms with E-state index in [4.69, 9.17) is 4.74 Å². The largest absolute Gasteiger partial charge is 0.465 e. The van der Waals surface area contributed by atoms with Gasteiger partial charge in [0.25, 0.3) is 0 Å². The Bertz CT molecular complexity index is 269. The van der Waals surface area contributed by atoms with Crippen molar-refractivity contribution in [1.29, 1.82) is 0 Å². The van der Waals surface area contributed by atoms with E-state index in [2.05, 4.69) is 10.1 Å². The van der Waals surface area contributed by atoms with Gasteiger partial charge in [-0.05, 0) is 13.8 Å². The molecule has 5 heteroatoms. The summed E-state index contributed by atoms with van der Waals surface area (Å²) in [5, 5.41) is 3.94. The highest BCUT2D eigenvalue weighted by Gasteiger charge is 2.03. The molecule has 0 atom stereocenters. The Kier molecular flexibility index (Phi) is 2.79. The maximum absolute atomic E-state index is 10.9. The van der Waals surface area contributed by atoms with Crippen molar-refractivity contribution in [2.75, 3.05) is 6.61 Å². The van der Waals surface area contributed by atoms with Gasteiger partial charge in [-0.2, -0.15) is 5.10 Å². The number of rotatable bonds is 3. The number of hydrogen-bond acceptors (Lipinski definition) is 4. The number of ether oxygens (including phenoxy) is 1. The van der Waals surface area contributed by atoms with Crippen LogP contribution in [0.25, 0.3) is 0 Å². The maximum Gasteiger partial charge on any atom is 0.327 e. The van der Waals surface area contributed by atoms with Crippen LogP contribution >= 0.6 is 0 Å². The summed E-state index contributed by atoms with van der Waals surface area (Å²) in [4.78, 5) is 14.8. The van der Waals surface area contributed by atoms with Crippen LogP contribution in [0, 0.1) is 6.92 Å². The third-order valence-corrected chi connectivity index (χ3v) is 1.25. The van der Waals surface area contributed by atoms with E-state index in [0.717, 1.165) is 0 Å². The number of hydrogen-bond donors (Lipinski definition) is 0. The number of nitrogens with zero attached hydrogens (tertiary/aromatic N) is 3. The summed E-state index contributed by atoms with van der Waals surface area (Å²) in [6, 6.07) is 0. The summed E-state index contributed by atoms with van der Waals surface area (Å²) < 4.78 is 6.18. The zero-order chi connectivity index (χ0) is 8.97.